The summed E-state index contributed by atoms with van der Waals surface area (Å²) in [6.07, 6.45) is 2.79. The highest BCUT2D eigenvalue weighted by Gasteiger charge is 2.34. The highest BCUT2D eigenvalue weighted by Crippen LogP contribution is 2.16. The molecule has 0 atom stereocenters. The molecule has 1 saturated heterocycles. The first-order valence-electron chi connectivity index (χ1n) is 4.26. The summed E-state index contributed by atoms with van der Waals surface area (Å²) in [6.45, 7) is 4.25. The number of allylic oxidation sites excluding steroid dienone is 1. The van der Waals surface area contributed by atoms with Crippen molar-refractivity contribution in [1.29, 1.82) is 0 Å². The lowest BCUT2D eigenvalue weighted by Gasteiger charge is -2.36. The molecule has 0 bridgehead atoms. The second kappa shape index (κ2) is 4.07. The van der Waals surface area contributed by atoms with Crippen LogP contribution in [0.2, 0.25) is 0 Å². The second-order valence-electron chi connectivity index (χ2n) is 3.16. The molecule has 4 nitrogen and oxygen atoms in total. The van der Waals surface area contributed by atoms with Crippen molar-refractivity contribution in [2.75, 3.05) is 13.1 Å². The summed E-state index contributed by atoms with van der Waals surface area (Å²) in [5.41, 5.74) is 0. The van der Waals surface area contributed by atoms with Crippen molar-refractivity contribution >= 4 is 11.9 Å². The van der Waals surface area contributed by atoms with E-state index in [1.54, 1.807) is 11.0 Å². The zero-order chi connectivity index (χ0) is 9.84. The van der Waals surface area contributed by atoms with Gasteiger partial charge in [-0.1, -0.05) is 6.08 Å². The Balaban J connectivity index is 2.22. The van der Waals surface area contributed by atoms with Gasteiger partial charge >= 0.3 is 5.97 Å². The molecule has 1 rings (SSSR count). The van der Waals surface area contributed by atoms with Crippen LogP contribution in [-0.4, -0.2) is 35.0 Å². The summed E-state index contributed by atoms with van der Waals surface area (Å²) < 4.78 is 0. The Morgan fingerprint density at radius 2 is 2.15 bits per heavy atom. The van der Waals surface area contributed by atoms with Crippen molar-refractivity contribution in [3.8, 4) is 0 Å². The molecule has 1 amide bonds. The van der Waals surface area contributed by atoms with Gasteiger partial charge in [0.1, 0.15) is 0 Å². The highest BCUT2D eigenvalue weighted by molar-refractivity contribution is 5.80. The first kappa shape index (κ1) is 9.77. The molecule has 4 heteroatoms. The van der Waals surface area contributed by atoms with E-state index in [2.05, 4.69) is 6.58 Å². The average Bonchev–Trinajstić information content (AvgIpc) is 1.97. The van der Waals surface area contributed by atoms with Gasteiger partial charge < -0.3 is 10.0 Å². The van der Waals surface area contributed by atoms with E-state index >= 15 is 0 Å². The Bertz CT molecular complexity index is 231. The maximum absolute atomic E-state index is 11.2. The number of likely N-dealkylation sites (tertiary alicyclic amines) is 1. The summed E-state index contributed by atoms with van der Waals surface area (Å²) in [7, 11) is 0. The largest absolute Gasteiger partial charge is 0.481 e. The van der Waals surface area contributed by atoms with E-state index in [4.69, 9.17) is 5.11 Å². The molecule has 0 saturated carbocycles. The fourth-order valence-corrected chi connectivity index (χ4v) is 1.22. The first-order chi connectivity index (χ1) is 6.15. The molecular formula is C9H13NO3. The predicted molar refractivity (Wildman–Crippen MR) is 47.1 cm³/mol. The number of amides is 1. The molecule has 1 fully saturated rings. The standard InChI is InChI=1S/C9H13NO3/c1-2-3-4-8(11)10-5-7(6-10)9(12)13/h2,7H,1,3-6H2,(H,12,13). The van der Waals surface area contributed by atoms with E-state index in [9.17, 15) is 9.59 Å². The van der Waals surface area contributed by atoms with Crippen LogP contribution in [0.5, 0.6) is 0 Å². The maximum atomic E-state index is 11.2. The van der Waals surface area contributed by atoms with Gasteiger partial charge in [-0.05, 0) is 6.42 Å². The first-order valence-corrected chi connectivity index (χ1v) is 4.26. The number of aliphatic carboxylic acids is 1. The van der Waals surface area contributed by atoms with Gasteiger partial charge in [0.05, 0.1) is 5.92 Å². The van der Waals surface area contributed by atoms with Crippen molar-refractivity contribution in [3.63, 3.8) is 0 Å². The normalized spacial score (nSPS) is 16.5. The topological polar surface area (TPSA) is 57.6 Å². The van der Waals surface area contributed by atoms with Crippen LogP contribution in [0.3, 0.4) is 0 Å². The van der Waals surface area contributed by atoms with E-state index in [1.165, 1.54) is 0 Å². The molecule has 0 aromatic rings. The Morgan fingerprint density at radius 3 is 2.62 bits per heavy atom. The summed E-state index contributed by atoms with van der Waals surface area (Å²) >= 11 is 0. The third-order valence-electron chi connectivity index (χ3n) is 2.15. The molecule has 0 aromatic heterocycles. The molecule has 0 aromatic carbocycles. The molecule has 0 aliphatic carbocycles. The number of carbonyl (C=O) groups is 2. The predicted octanol–water partition coefficient (Wildman–Crippen LogP) is 0.496. The van der Waals surface area contributed by atoms with Crippen LogP contribution in [-0.2, 0) is 9.59 Å². The molecule has 13 heavy (non-hydrogen) atoms. The molecule has 0 radical (unpaired) electrons. The summed E-state index contributed by atoms with van der Waals surface area (Å²) in [6, 6.07) is 0. The van der Waals surface area contributed by atoms with Crippen LogP contribution < -0.4 is 0 Å². The molecule has 1 N–H and O–H groups in total. The monoisotopic (exact) mass is 183 g/mol. The minimum Gasteiger partial charge on any atom is -0.481 e. The van der Waals surface area contributed by atoms with Crippen LogP contribution in [0.4, 0.5) is 0 Å². The third-order valence-corrected chi connectivity index (χ3v) is 2.15. The number of nitrogens with zero attached hydrogens (tertiary/aromatic N) is 1. The van der Waals surface area contributed by atoms with E-state index in [-0.39, 0.29) is 11.8 Å². The zero-order valence-electron chi connectivity index (χ0n) is 7.40. The average molecular weight is 183 g/mol. The minimum atomic E-state index is -0.812. The van der Waals surface area contributed by atoms with Gasteiger partial charge in [0.2, 0.25) is 5.91 Å². The van der Waals surface area contributed by atoms with Crippen molar-refractivity contribution in [2.45, 2.75) is 12.8 Å². The quantitative estimate of drug-likeness (QED) is 0.645. The number of carboxylic acid groups (broad SMARTS) is 1. The van der Waals surface area contributed by atoms with Crippen LogP contribution in [0.15, 0.2) is 12.7 Å². The Hall–Kier alpha value is -1.32. The second-order valence-corrected chi connectivity index (χ2v) is 3.16. The smallest absolute Gasteiger partial charge is 0.310 e. The van der Waals surface area contributed by atoms with E-state index in [1.807, 2.05) is 0 Å². The maximum Gasteiger partial charge on any atom is 0.310 e. The fourth-order valence-electron chi connectivity index (χ4n) is 1.22. The lowest BCUT2D eigenvalue weighted by Crippen LogP contribution is -2.52. The number of carboxylic acids is 1. The fraction of sp³-hybridized carbons (Fsp3) is 0.556. The van der Waals surface area contributed by atoms with Gasteiger partial charge in [-0.25, -0.2) is 0 Å². The van der Waals surface area contributed by atoms with Gasteiger partial charge in [-0.15, -0.1) is 6.58 Å². The van der Waals surface area contributed by atoms with Crippen LogP contribution >= 0.6 is 0 Å². The molecule has 0 unspecified atom stereocenters. The van der Waals surface area contributed by atoms with Gasteiger partial charge in [-0.2, -0.15) is 0 Å². The molecular weight excluding hydrogens is 170 g/mol. The van der Waals surface area contributed by atoms with E-state index in [0.29, 0.717) is 25.9 Å². The van der Waals surface area contributed by atoms with Crippen LogP contribution in [0, 0.1) is 5.92 Å². The van der Waals surface area contributed by atoms with Crippen molar-refractivity contribution in [2.24, 2.45) is 5.92 Å². The van der Waals surface area contributed by atoms with Crippen molar-refractivity contribution < 1.29 is 14.7 Å². The minimum absolute atomic E-state index is 0.0254. The number of carbonyl (C=O) groups excluding carboxylic acids is 1. The number of hydrogen-bond donors (Lipinski definition) is 1. The summed E-state index contributed by atoms with van der Waals surface area (Å²) in [5, 5.41) is 8.55. The Labute approximate surface area is 76.8 Å². The Morgan fingerprint density at radius 1 is 1.54 bits per heavy atom. The molecule has 72 valence electrons. The zero-order valence-corrected chi connectivity index (χ0v) is 7.40. The molecule has 1 aliphatic heterocycles. The number of hydrogen-bond acceptors (Lipinski definition) is 2. The van der Waals surface area contributed by atoms with Gasteiger partial charge in [0.15, 0.2) is 0 Å². The Kier molecular flexibility index (Phi) is 3.06. The summed E-state index contributed by atoms with van der Waals surface area (Å²) in [4.78, 5) is 23.2. The molecule has 1 aliphatic rings. The van der Waals surface area contributed by atoms with Crippen LogP contribution in [0.1, 0.15) is 12.8 Å². The molecule has 0 spiro atoms. The third kappa shape index (κ3) is 2.31. The van der Waals surface area contributed by atoms with Gasteiger partial charge in [-0.3, -0.25) is 9.59 Å². The SMILES string of the molecule is C=CCCC(=O)N1CC(C(=O)O)C1. The van der Waals surface area contributed by atoms with Crippen molar-refractivity contribution in [1.82, 2.24) is 4.90 Å². The van der Waals surface area contributed by atoms with Gasteiger partial charge in [0.25, 0.3) is 0 Å². The van der Waals surface area contributed by atoms with E-state index in [0.717, 1.165) is 0 Å². The van der Waals surface area contributed by atoms with E-state index < -0.39 is 5.97 Å². The summed E-state index contributed by atoms with van der Waals surface area (Å²) in [5.74, 6) is -1.14. The lowest BCUT2D eigenvalue weighted by molar-refractivity contribution is -0.152. The lowest BCUT2D eigenvalue weighted by atomic mass is 10.00. The van der Waals surface area contributed by atoms with Crippen molar-refractivity contribution in [3.05, 3.63) is 12.7 Å². The number of rotatable bonds is 4. The van der Waals surface area contributed by atoms with Crippen LogP contribution in [0.25, 0.3) is 0 Å². The highest BCUT2D eigenvalue weighted by atomic mass is 16.4. The van der Waals surface area contributed by atoms with Gasteiger partial charge in [0, 0.05) is 19.5 Å². The molecule has 1 heterocycles.